The van der Waals surface area contributed by atoms with Crippen molar-refractivity contribution < 1.29 is 94.1 Å². The fourth-order valence-electron chi connectivity index (χ4n) is 0.861. The van der Waals surface area contributed by atoms with Crippen LogP contribution in [0.4, 0.5) is 5.69 Å². The molecule has 0 atom stereocenters. The first-order chi connectivity index (χ1) is 14.3. The average molecular weight is 539 g/mol. The van der Waals surface area contributed by atoms with Gasteiger partial charge in [0.25, 0.3) is 0 Å². The van der Waals surface area contributed by atoms with Gasteiger partial charge < -0.3 is 65.1 Å². The van der Waals surface area contributed by atoms with Crippen LogP contribution >= 0.6 is 0 Å². The normalized spacial score (nSPS) is 8.73. The van der Waals surface area contributed by atoms with Crippen molar-refractivity contribution in [2.75, 3.05) is 5.73 Å². The summed E-state index contributed by atoms with van der Waals surface area (Å²) < 4.78 is 0. The first kappa shape index (κ1) is 39.6. The minimum absolute atomic E-state index is 0. The third kappa shape index (κ3) is 52.5. The topological polar surface area (TPSA) is 267 Å². The van der Waals surface area contributed by atoms with Crippen molar-refractivity contribution in [2.45, 2.75) is 0 Å². The van der Waals surface area contributed by atoms with Crippen molar-refractivity contribution in [3.05, 3.63) is 66.8 Å². The van der Waals surface area contributed by atoms with Crippen LogP contribution in [0.2, 0.25) is 0 Å². The van der Waals surface area contributed by atoms with Crippen molar-refractivity contribution in [2.24, 2.45) is 0 Å². The van der Waals surface area contributed by atoms with Crippen molar-refractivity contribution in [1.82, 2.24) is 0 Å². The predicted molar refractivity (Wildman–Crippen MR) is 88.3 cm³/mol. The van der Waals surface area contributed by atoms with Gasteiger partial charge in [-0.1, -0.05) is 18.2 Å². The quantitative estimate of drug-likeness (QED) is 0.260. The van der Waals surface area contributed by atoms with Crippen LogP contribution in [0.25, 0.3) is 0 Å². The summed E-state index contributed by atoms with van der Waals surface area (Å²) in [5.41, 5.74) is 6.18. The van der Waals surface area contributed by atoms with Crippen molar-refractivity contribution in [3.63, 3.8) is 0 Å². The van der Waals surface area contributed by atoms with E-state index in [9.17, 15) is 59.4 Å². The average Bonchev–Trinajstić information content (AvgIpc) is 2.65. The molecule has 1 rings (SSSR count). The summed E-state index contributed by atoms with van der Waals surface area (Å²) in [4.78, 5) is 56.5. The van der Waals surface area contributed by atoms with Crippen LogP contribution in [0.3, 0.4) is 0 Å². The van der Waals surface area contributed by atoms with Crippen molar-refractivity contribution in [3.8, 4) is 0 Å². The number of nitrogens with two attached hydrogens (primary N) is 1. The Bertz CT molecular complexity index is 707. The number of hydrogen-bond donors (Lipinski definition) is 1. The van der Waals surface area contributed by atoms with Gasteiger partial charge in [-0.25, -0.2) is 0 Å². The molecule has 0 fully saturated rings. The molecule has 0 spiro atoms. The number of para-hydroxylation sites is 1. The second-order valence-corrected chi connectivity index (χ2v) is 4.32. The standard InChI is InChI=1S/C6H7N.3C4H4O4.2Cr/c7-6-4-2-1-3-5-6;3*5-3(6)1-2-4(7)8;;/h1-5H,7H2;3*1-2H,(H,5,6)(H,7,8);;/q;;;;2*+3/p-6/b;3*2-1-;;. The zero-order valence-corrected chi connectivity index (χ0v) is 18.7. The molecule has 2 N–H and O–H groups in total. The SMILES string of the molecule is Nc1ccccc1.O=C([O-])/C=C\C(=O)[O-].O=C([O-])/C=C\C(=O)[O-].O=C([O-])/C=C\C(=O)[O-].[Cr+3].[Cr+3]. The number of carboxylic acids is 6. The summed E-state index contributed by atoms with van der Waals surface area (Å²) >= 11 is 0. The molecule has 0 aromatic heterocycles. The minimum atomic E-state index is -1.55. The first-order valence-electron chi connectivity index (χ1n) is 7.38. The largest absolute Gasteiger partial charge is 3.00 e. The maximum absolute atomic E-state index is 9.41. The van der Waals surface area contributed by atoms with E-state index in [0.29, 0.717) is 36.5 Å². The Labute approximate surface area is 208 Å². The Morgan fingerprint density at radius 2 is 0.667 bits per heavy atom. The van der Waals surface area contributed by atoms with Crippen LogP contribution in [-0.2, 0) is 63.5 Å². The number of carbonyl (C=O) groups is 6. The summed E-state index contributed by atoms with van der Waals surface area (Å²) in [6, 6.07) is 9.49. The molecule has 2 radical (unpaired) electrons. The van der Waals surface area contributed by atoms with Crippen LogP contribution < -0.4 is 36.4 Å². The Morgan fingerprint density at radius 1 is 0.485 bits per heavy atom. The van der Waals surface area contributed by atoms with Crippen molar-refractivity contribution >= 4 is 41.5 Å². The number of nitrogen functional groups attached to an aromatic ring is 1. The second kappa shape index (κ2) is 26.2. The predicted octanol–water partition coefficient (Wildman–Crippen LogP) is -7.61. The van der Waals surface area contributed by atoms with Crippen LogP contribution in [-0.4, -0.2) is 35.8 Å². The molecule has 0 saturated heterocycles. The molecule has 0 bridgehead atoms. The van der Waals surface area contributed by atoms with Gasteiger partial charge in [0.15, 0.2) is 0 Å². The Balaban J connectivity index is -0.000000104. The summed E-state index contributed by atoms with van der Waals surface area (Å²) in [5, 5.41) is 56.5. The molecule has 0 amide bonds. The van der Waals surface area contributed by atoms with E-state index in [0.717, 1.165) is 5.69 Å². The van der Waals surface area contributed by atoms with Crippen LogP contribution in [0.5, 0.6) is 0 Å². The Hall–Kier alpha value is -3.88. The molecule has 0 aliphatic heterocycles. The van der Waals surface area contributed by atoms with E-state index >= 15 is 0 Å². The summed E-state index contributed by atoms with van der Waals surface area (Å²) in [6.45, 7) is 0. The van der Waals surface area contributed by atoms with E-state index in [2.05, 4.69) is 0 Å². The van der Waals surface area contributed by atoms with Gasteiger partial charge in [0, 0.05) is 5.69 Å². The Kier molecular flexibility index (Phi) is 31.4. The van der Waals surface area contributed by atoms with Gasteiger partial charge in [-0.2, -0.15) is 0 Å². The third-order valence-electron chi connectivity index (χ3n) is 1.87. The molecule has 0 aliphatic rings. The number of hydrogen-bond acceptors (Lipinski definition) is 13. The smallest absolute Gasteiger partial charge is 0.545 e. The van der Waals surface area contributed by atoms with Gasteiger partial charge in [0.2, 0.25) is 0 Å². The summed E-state index contributed by atoms with van der Waals surface area (Å²) in [5.74, 6) is -9.28. The number of aliphatic carboxylic acids is 6. The molecule has 1 aromatic carbocycles. The molecular weight excluding hydrogens is 526 g/mol. The molecule has 0 heterocycles. The summed E-state index contributed by atoms with van der Waals surface area (Å²) in [7, 11) is 0. The van der Waals surface area contributed by atoms with Crippen LogP contribution in [0.15, 0.2) is 66.8 Å². The van der Waals surface area contributed by atoms with E-state index in [1.165, 1.54) is 0 Å². The van der Waals surface area contributed by atoms with Gasteiger partial charge in [0.1, 0.15) is 0 Å². The number of benzene rings is 1. The molecule has 0 saturated carbocycles. The fraction of sp³-hybridized carbons (Fsp3) is 0. The molecule has 15 heteroatoms. The van der Waals surface area contributed by atoms with E-state index in [4.69, 9.17) is 5.73 Å². The van der Waals surface area contributed by atoms with E-state index < -0.39 is 35.8 Å². The Morgan fingerprint density at radius 3 is 0.758 bits per heavy atom. The number of carbonyl (C=O) groups excluding carboxylic acids is 6. The molecule has 0 unspecified atom stereocenters. The van der Waals surface area contributed by atoms with Crippen molar-refractivity contribution in [1.29, 1.82) is 0 Å². The molecule has 174 valence electrons. The molecule has 0 aliphatic carbocycles. The maximum atomic E-state index is 9.41. The van der Waals surface area contributed by atoms with Crippen LogP contribution in [0, 0.1) is 0 Å². The number of anilines is 1. The van der Waals surface area contributed by atoms with E-state index in [1.807, 2.05) is 30.3 Å². The maximum Gasteiger partial charge on any atom is 3.00 e. The van der Waals surface area contributed by atoms with Gasteiger partial charge in [0.05, 0.1) is 35.8 Å². The molecule has 13 nitrogen and oxygen atoms in total. The monoisotopic (exact) mass is 539 g/mol. The van der Waals surface area contributed by atoms with E-state index in [1.54, 1.807) is 0 Å². The van der Waals surface area contributed by atoms with Gasteiger partial charge >= 0.3 is 34.7 Å². The minimum Gasteiger partial charge on any atom is -0.545 e. The van der Waals surface area contributed by atoms with Gasteiger partial charge in [-0.05, 0) is 48.6 Å². The molecular formula is C18H13Cr2NO12. The zero-order valence-electron chi connectivity index (χ0n) is 16.1. The number of carboxylic acid groups (broad SMARTS) is 6. The van der Waals surface area contributed by atoms with E-state index in [-0.39, 0.29) is 34.7 Å². The number of rotatable bonds is 6. The first-order valence-corrected chi connectivity index (χ1v) is 7.38. The fourth-order valence-corrected chi connectivity index (χ4v) is 0.861. The molecule has 1 aromatic rings. The van der Waals surface area contributed by atoms with Crippen LogP contribution in [0.1, 0.15) is 0 Å². The summed E-state index contributed by atoms with van der Waals surface area (Å²) in [6.07, 6.45) is 2.31. The zero-order chi connectivity index (χ0) is 24.8. The third-order valence-corrected chi connectivity index (χ3v) is 1.87. The van der Waals surface area contributed by atoms with Gasteiger partial charge in [-0.3, -0.25) is 0 Å². The van der Waals surface area contributed by atoms with Gasteiger partial charge in [-0.15, -0.1) is 0 Å². The second-order valence-electron chi connectivity index (χ2n) is 4.32. The molecule has 33 heavy (non-hydrogen) atoms.